The van der Waals surface area contributed by atoms with E-state index in [0.717, 1.165) is 23.2 Å². The second kappa shape index (κ2) is 11.4. The van der Waals surface area contributed by atoms with E-state index in [-0.39, 0.29) is 29.8 Å². The van der Waals surface area contributed by atoms with Crippen molar-refractivity contribution < 1.29 is 49.8 Å². The Balaban J connectivity index is 1.57. The van der Waals surface area contributed by atoms with E-state index in [1.807, 2.05) is 0 Å². The number of pyridine rings is 1. The number of carbonyl (C=O) groups is 2. The third-order valence-corrected chi connectivity index (χ3v) is 8.30. The van der Waals surface area contributed by atoms with Gasteiger partial charge in [-0.3, -0.25) is 14.6 Å². The summed E-state index contributed by atoms with van der Waals surface area (Å²) < 4.78 is 108. The van der Waals surface area contributed by atoms with Gasteiger partial charge >= 0.3 is 12.4 Å². The van der Waals surface area contributed by atoms with Gasteiger partial charge in [-0.2, -0.15) is 26.3 Å². The molecule has 2 aromatic carbocycles. The minimum Gasteiger partial charge on any atom is -0.509 e. The highest BCUT2D eigenvalue weighted by atomic mass is 79.9. The Morgan fingerprint density at radius 3 is 2.40 bits per heavy atom. The predicted molar refractivity (Wildman–Crippen MR) is 147 cm³/mol. The van der Waals surface area contributed by atoms with Crippen molar-refractivity contribution in [2.45, 2.75) is 44.2 Å². The lowest BCUT2D eigenvalue weighted by molar-refractivity contribution is -0.160. The summed E-state index contributed by atoms with van der Waals surface area (Å²) in [6, 6.07) is 6.79. The fourth-order valence-electron chi connectivity index (χ4n) is 5.41. The molecule has 3 heterocycles. The number of carbonyl (C=O) groups excluding carboxylic acids is 2. The summed E-state index contributed by atoms with van der Waals surface area (Å²) in [4.78, 5) is 30.7. The molecule has 0 radical (unpaired) electrons. The molecule has 2 aliphatic rings. The van der Waals surface area contributed by atoms with E-state index in [2.05, 4.69) is 26.2 Å². The van der Waals surface area contributed by atoms with Crippen molar-refractivity contribution in [1.29, 1.82) is 0 Å². The van der Waals surface area contributed by atoms with Crippen LogP contribution < -0.4 is 5.32 Å². The molecule has 5 rings (SSSR count). The summed E-state index contributed by atoms with van der Waals surface area (Å²) in [5, 5.41) is 15.9. The van der Waals surface area contributed by atoms with Gasteiger partial charge < -0.3 is 10.4 Å². The molecule has 1 fully saturated rings. The third kappa shape index (κ3) is 5.88. The molecule has 3 aromatic rings. The predicted octanol–water partition coefficient (Wildman–Crippen LogP) is 7.39. The number of hydrogen-bond donors (Lipinski definition) is 2. The molecule has 7 nitrogen and oxygen atoms in total. The number of nitrogens with one attached hydrogen (secondary N) is 1. The summed E-state index contributed by atoms with van der Waals surface area (Å²) in [6.45, 7) is 1.23. The number of aliphatic hydroxyl groups is 1. The average Bonchev–Trinajstić information content (AvgIpc) is 3.35. The summed E-state index contributed by atoms with van der Waals surface area (Å²) in [7, 11) is 0. The normalized spacial score (nSPS) is 19.2. The number of fused-ring (bicyclic) bond motifs is 1. The van der Waals surface area contributed by atoms with Crippen LogP contribution in [0, 0.1) is 11.6 Å². The first-order valence-electron chi connectivity index (χ1n) is 13.2. The van der Waals surface area contributed by atoms with E-state index in [9.17, 15) is 49.8 Å². The molecule has 2 amide bonds. The maximum Gasteiger partial charge on any atom is 0.433 e. The Bertz CT molecular complexity index is 1740. The molecule has 0 bridgehead atoms. The number of nitrogens with zero attached hydrogens (tertiary/aromatic N) is 3. The number of benzene rings is 2. The number of aromatic nitrogens is 1. The molecule has 1 aromatic heterocycles. The van der Waals surface area contributed by atoms with Crippen LogP contribution in [0.25, 0.3) is 11.1 Å². The fourth-order valence-corrected chi connectivity index (χ4v) is 5.95. The van der Waals surface area contributed by atoms with Crippen LogP contribution in [0.5, 0.6) is 0 Å². The number of rotatable bonds is 5. The maximum atomic E-state index is 14.6. The van der Waals surface area contributed by atoms with Crippen molar-refractivity contribution in [3.63, 3.8) is 0 Å². The summed E-state index contributed by atoms with van der Waals surface area (Å²) in [5.74, 6) is -5.40. The Hall–Kier alpha value is -4.05. The molecule has 2 aliphatic heterocycles. The van der Waals surface area contributed by atoms with Crippen molar-refractivity contribution in [2.75, 3.05) is 11.9 Å². The molecule has 1 atom stereocenters. The second-order valence-corrected chi connectivity index (χ2v) is 11.3. The molecule has 0 saturated carbocycles. The highest BCUT2D eigenvalue weighted by Crippen LogP contribution is 2.43. The number of halogens is 9. The molecule has 0 spiro atoms. The number of amides is 2. The van der Waals surface area contributed by atoms with Gasteiger partial charge in [0.25, 0.3) is 11.8 Å². The van der Waals surface area contributed by atoms with E-state index in [4.69, 9.17) is 0 Å². The third-order valence-electron chi connectivity index (χ3n) is 7.69. The molecule has 45 heavy (non-hydrogen) atoms. The molecule has 0 unspecified atom stereocenters. The molecular formula is C29H21BrF8N4O3. The minimum absolute atomic E-state index is 0.218. The summed E-state index contributed by atoms with van der Waals surface area (Å²) >= 11 is 2.86. The van der Waals surface area contributed by atoms with Gasteiger partial charge in [0.05, 0.1) is 17.6 Å². The van der Waals surface area contributed by atoms with Crippen LogP contribution in [-0.2, 0) is 28.5 Å². The van der Waals surface area contributed by atoms with E-state index in [0.29, 0.717) is 24.6 Å². The Kier molecular flexibility index (Phi) is 8.19. The van der Waals surface area contributed by atoms with Crippen LogP contribution in [0.3, 0.4) is 0 Å². The molecular weight excluding hydrogens is 684 g/mol. The van der Waals surface area contributed by atoms with Gasteiger partial charge in [0.1, 0.15) is 21.6 Å². The SMILES string of the molecule is C[C@]12CCCN1N(Cc1cccc(F)c1F)C(=O)C(C(=O)Nc1ccc(C(F)(F)F)cc1-c1ccc(C(F)(F)F)nc1Br)=C2O. The van der Waals surface area contributed by atoms with Gasteiger partial charge in [0, 0.05) is 28.9 Å². The molecule has 238 valence electrons. The highest BCUT2D eigenvalue weighted by molar-refractivity contribution is 9.10. The minimum atomic E-state index is -4.88. The van der Waals surface area contributed by atoms with Crippen molar-refractivity contribution in [3.05, 3.63) is 92.9 Å². The smallest absolute Gasteiger partial charge is 0.433 e. The zero-order valence-electron chi connectivity index (χ0n) is 23.0. The highest BCUT2D eigenvalue weighted by Gasteiger charge is 2.53. The van der Waals surface area contributed by atoms with Gasteiger partial charge in [-0.25, -0.2) is 18.8 Å². The molecule has 0 aliphatic carbocycles. The van der Waals surface area contributed by atoms with Gasteiger partial charge in [-0.15, -0.1) is 0 Å². The number of anilines is 1. The van der Waals surface area contributed by atoms with E-state index < -0.39 is 80.6 Å². The van der Waals surface area contributed by atoms with Crippen molar-refractivity contribution in [3.8, 4) is 11.1 Å². The first-order valence-corrected chi connectivity index (χ1v) is 14.0. The first-order chi connectivity index (χ1) is 20.9. The number of aliphatic hydroxyl groups excluding tert-OH is 1. The van der Waals surface area contributed by atoms with Crippen molar-refractivity contribution in [2.24, 2.45) is 0 Å². The van der Waals surface area contributed by atoms with Crippen LogP contribution >= 0.6 is 15.9 Å². The van der Waals surface area contributed by atoms with Gasteiger partial charge in [-0.05, 0) is 72.1 Å². The Morgan fingerprint density at radius 2 is 1.76 bits per heavy atom. The van der Waals surface area contributed by atoms with E-state index in [1.54, 1.807) is 0 Å². The number of alkyl halides is 6. The fraction of sp³-hybridized carbons (Fsp3) is 0.276. The summed E-state index contributed by atoms with van der Waals surface area (Å²) in [5.41, 5.74) is -5.89. The zero-order chi connectivity index (χ0) is 33.1. The Labute approximate surface area is 258 Å². The van der Waals surface area contributed by atoms with Crippen molar-refractivity contribution in [1.82, 2.24) is 15.0 Å². The second-order valence-electron chi connectivity index (χ2n) is 10.5. The van der Waals surface area contributed by atoms with Crippen LogP contribution in [0.15, 0.2) is 64.5 Å². The average molecular weight is 705 g/mol. The number of hydrazine groups is 1. The largest absolute Gasteiger partial charge is 0.509 e. The standard InChI is InChI=1S/C29H21BrF8N4O3/c1-27-10-3-11-42(27)41(13-14-4-2-5-18(31)22(14)32)26(45)21(23(27)43)25(44)39-19-8-6-15(28(33,34)35)12-17(19)16-7-9-20(29(36,37)38)40-24(16)30/h2,4-9,12,43H,3,10-11,13H2,1H3,(H,39,44)/t27-/m1/s1. The van der Waals surface area contributed by atoms with Crippen LogP contribution in [-0.4, -0.2) is 44.0 Å². The van der Waals surface area contributed by atoms with Crippen LogP contribution in [0.1, 0.15) is 36.6 Å². The lowest BCUT2D eigenvalue weighted by Crippen LogP contribution is -2.60. The van der Waals surface area contributed by atoms with E-state index in [1.165, 1.54) is 24.1 Å². The van der Waals surface area contributed by atoms with Gasteiger partial charge in [0.2, 0.25) is 0 Å². The zero-order valence-corrected chi connectivity index (χ0v) is 24.5. The lowest BCUT2D eigenvalue weighted by atomic mass is 9.90. The quantitative estimate of drug-likeness (QED) is 0.164. The first kappa shape index (κ1) is 32.3. The summed E-state index contributed by atoms with van der Waals surface area (Å²) in [6.07, 6.45) is -9.04. The monoisotopic (exact) mass is 704 g/mol. The van der Waals surface area contributed by atoms with E-state index >= 15 is 0 Å². The van der Waals surface area contributed by atoms with Gasteiger partial charge in [0.15, 0.2) is 11.6 Å². The lowest BCUT2D eigenvalue weighted by Gasteiger charge is -2.46. The molecule has 1 saturated heterocycles. The molecule has 16 heteroatoms. The van der Waals surface area contributed by atoms with Crippen LogP contribution in [0.4, 0.5) is 40.8 Å². The topological polar surface area (TPSA) is 85.8 Å². The Morgan fingerprint density at radius 1 is 1.04 bits per heavy atom. The molecule has 2 N–H and O–H groups in total. The maximum absolute atomic E-state index is 14.6. The van der Waals surface area contributed by atoms with Crippen molar-refractivity contribution >= 4 is 33.4 Å². The van der Waals surface area contributed by atoms with Crippen LogP contribution in [0.2, 0.25) is 0 Å². The number of hydrogen-bond acceptors (Lipinski definition) is 5. The van der Waals surface area contributed by atoms with Gasteiger partial charge in [-0.1, -0.05) is 12.1 Å².